The molecule has 0 atom stereocenters. The average Bonchev–Trinajstić information content (AvgIpc) is 3.20. The highest BCUT2D eigenvalue weighted by molar-refractivity contribution is 6.10. The minimum absolute atomic E-state index is 0.200. The van der Waals surface area contributed by atoms with Gasteiger partial charge in [0.15, 0.2) is 5.78 Å². The second kappa shape index (κ2) is 10.3. The molecular weight excluding hydrogens is 462 g/mol. The van der Waals surface area contributed by atoms with Gasteiger partial charge in [-0.15, -0.1) is 0 Å². The molecule has 1 aliphatic heterocycles. The molecule has 1 fully saturated rings. The van der Waals surface area contributed by atoms with Crippen LogP contribution in [0.2, 0.25) is 0 Å². The van der Waals surface area contributed by atoms with Crippen LogP contribution in [0, 0.1) is 11.3 Å². The molecule has 180 valence electrons. The molecule has 0 spiro atoms. The third-order valence-electron chi connectivity index (χ3n) is 6.22. The Bertz CT molecular complexity index is 1440. The predicted molar refractivity (Wildman–Crippen MR) is 139 cm³/mol. The molecule has 0 unspecified atom stereocenters. The largest absolute Gasteiger partial charge is 0.356 e. The van der Waals surface area contributed by atoms with Gasteiger partial charge in [0.25, 0.3) is 5.91 Å². The SMILES string of the molecule is N#Cc1ccc(C(=O)/C=C2\NC(Cc3ccccn3)(Cc3ccccn3)C(=O)N2c2ccccc2)cc1. The Kier molecular flexibility index (Phi) is 6.56. The van der Waals surface area contributed by atoms with Crippen LogP contribution in [0.25, 0.3) is 0 Å². The van der Waals surface area contributed by atoms with Gasteiger partial charge in [-0.25, -0.2) is 0 Å². The monoisotopic (exact) mass is 485 g/mol. The molecule has 3 heterocycles. The number of hydrogen-bond donors (Lipinski definition) is 1. The number of amides is 1. The Balaban J connectivity index is 1.60. The van der Waals surface area contributed by atoms with Crippen LogP contribution in [0.1, 0.15) is 27.3 Å². The quantitative estimate of drug-likeness (QED) is 0.311. The zero-order valence-electron chi connectivity index (χ0n) is 19.9. The Morgan fingerprint density at radius 3 is 2.00 bits per heavy atom. The van der Waals surface area contributed by atoms with Crippen LogP contribution in [-0.4, -0.2) is 27.2 Å². The van der Waals surface area contributed by atoms with Gasteiger partial charge in [0.05, 0.1) is 17.3 Å². The molecule has 1 N–H and O–H groups in total. The normalized spacial score (nSPS) is 15.3. The molecule has 4 aromatic rings. The molecule has 0 aliphatic carbocycles. The third kappa shape index (κ3) is 5.00. The average molecular weight is 486 g/mol. The molecule has 1 saturated heterocycles. The molecule has 37 heavy (non-hydrogen) atoms. The maximum atomic E-state index is 14.3. The molecule has 0 radical (unpaired) electrons. The van der Waals surface area contributed by atoms with E-state index >= 15 is 0 Å². The number of aromatic nitrogens is 2. The first-order valence-corrected chi connectivity index (χ1v) is 11.8. The fourth-order valence-corrected chi connectivity index (χ4v) is 4.45. The lowest BCUT2D eigenvalue weighted by molar-refractivity contribution is -0.122. The number of rotatable bonds is 7. The standard InChI is InChI=1S/C30H23N5O2/c31-21-22-12-14-23(15-13-22)27(36)18-28-34-30(19-24-8-4-6-16-32-24,20-25-9-5-7-17-33-25)29(37)35(28)26-10-2-1-3-11-26/h1-18,34H,19-20H2/b28-18+. The number of anilines is 1. The first-order chi connectivity index (χ1) is 18.1. The van der Waals surface area contributed by atoms with Crippen LogP contribution in [0.5, 0.6) is 0 Å². The summed E-state index contributed by atoms with van der Waals surface area (Å²) in [7, 11) is 0. The first-order valence-electron chi connectivity index (χ1n) is 11.8. The summed E-state index contributed by atoms with van der Waals surface area (Å²) in [6.07, 6.45) is 5.43. The van der Waals surface area contributed by atoms with E-state index in [1.807, 2.05) is 66.7 Å². The van der Waals surface area contributed by atoms with Crippen molar-refractivity contribution in [2.24, 2.45) is 0 Å². The van der Waals surface area contributed by atoms with E-state index < -0.39 is 5.54 Å². The summed E-state index contributed by atoms with van der Waals surface area (Å²) in [5, 5.41) is 12.5. The zero-order chi connectivity index (χ0) is 25.7. The number of nitrogens with one attached hydrogen (secondary N) is 1. The molecular formula is C30H23N5O2. The van der Waals surface area contributed by atoms with Crippen molar-refractivity contribution in [2.75, 3.05) is 4.90 Å². The van der Waals surface area contributed by atoms with E-state index in [0.29, 0.717) is 35.5 Å². The highest BCUT2D eigenvalue weighted by atomic mass is 16.2. The lowest BCUT2D eigenvalue weighted by Crippen LogP contribution is -2.51. The first kappa shape index (κ1) is 23.6. The fourth-order valence-electron chi connectivity index (χ4n) is 4.45. The number of ketones is 1. The van der Waals surface area contributed by atoms with Crippen molar-refractivity contribution >= 4 is 17.4 Å². The van der Waals surface area contributed by atoms with E-state index in [9.17, 15) is 9.59 Å². The Labute approximate surface area is 214 Å². The summed E-state index contributed by atoms with van der Waals surface area (Å²) in [6.45, 7) is 0. The lowest BCUT2D eigenvalue weighted by Gasteiger charge is -2.27. The van der Waals surface area contributed by atoms with E-state index in [1.165, 1.54) is 6.08 Å². The van der Waals surface area contributed by atoms with Crippen molar-refractivity contribution in [3.63, 3.8) is 0 Å². The number of allylic oxidation sites excluding steroid dienone is 1. The van der Waals surface area contributed by atoms with Crippen molar-refractivity contribution in [1.29, 1.82) is 5.26 Å². The summed E-state index contributed by atoms with van der Waals surface area (Å²) in [5.74, 6) is -0.113. The predicted octanol–water partition coefficient (Wildman–Crippen LogP) is 4.23. The summed E-state index contributed by atoms with van der Waals surface area (Å²) < 4.78 is 0. The van der Waals surface area contributed by atoms with Crippen LogP contribution in [-0.2, 0) is 17.6 Å². The van der Waals surface area contributed by atoms with Gasteiger partial charge in [-0.1, -0.05) is 30.3 Å². The van der Waals surface area contributed by atoms with Crippen molar-refractivity contribution in [1.82, 2.24) is 15.3 Å². The summed E-state index contributed by atoms with van der Waals surface area (Å²) >= 11 is 0. The number of benzene rings is 2. The number of nitriles is 1. The topological polar surface area (TPSA) is 99.0 Å². The second-order valence-corrected chi connectivity index (χ2v) is 8.76. The minimum atomic E-state index is -1.12. The molecule has 1 amide bonds. The number of hydrogen-bond acceptors (Lipinski definition) is 6. The van der Waals surface area contributed by atoms with Gasteiger partial charge in [0, 0.05) is 48.3 Å². The van der Waals surface area contributed by atoms with Gasteiger partial charge in [-0.3, -0.25) is 24.5 Å². The van der Waals surface area contributed by atoms with Crippen molar-refractivity contribution in [2.45, 2.75) is 18.4 Å². The van der Waals surface area contributed by atoms with Gasteiger partial charge < -0.3 is 5.32 Å². The van der Waals surface area contributed by atoms with Gasteiger partial charge in [-0.05, 0) is 60.7 Å². The van der Waals surface area contributed by atoms with Crippen LogP contribution < -0.4 is 10.2 Å². The summed E-state index contributed by atoms with van der Waals surface area (Å²) in [6, 6.07) is 28.9. The third-order valence-corrected chi connectivity index (χ3v) is 6.22. The molecule has 0 bridgehead atoms. The van der Waals surface area contributed by atoms with Gasteiger partial charge >= 0.3 is 0 Å². The molecule has 0 saturated carbocycles. The van der Waals surface area contributed by atoms with E-state index in [1.54, 1.807) is 41.6 Å². The van der Waals surface area contributed by atoms with Crippen molar-refractivity contribution in [3.05, 3.63) is 138 Å². The summed E-state index contributed by atoms with van der Waals surface area (Å²) in [5.41, 5.74) is 1.89. The number of pyridine rings is 2. The molecule has 7 nitrogen and oxygen atoms in total. The minimum Gasteiger partial charge on any atom is -0.356 e. The molecule has 1 aliphatic rings. The van der Waals surface area contributed by atoms with Crippen molar-refractivity contribution < 1.29 is 9.59 Å². The molecule has 2 aromatic carbocycles. The van der Waals surface area contributed by atoms with Crippen molar-refractivity contribution in [3.8, 4) is 6.07 Å². The van der Waals surface area contributed by atoms with E-state index in [4.69, 9.17) is 5.26 Å². The fraction of sp³-hybridized carbons (Fsp3) is 0.100. The van der Waals surface area contributed by atoms with Crippen LogP contribution >= 0.6 is 0 Å². The smallest absolute Gasteiger partial charge is 0.259 e. The number of nitrogens with zero attached hydrogens (tertiary/aromatic N) is 4. The van der Waals surface area contributed by atoms with E-state index in [-0.39, 0.29) is 11.7 Å². The van der Waals surface area contributed by atoms with Gasteiger partial charge in [0.1, 0.15) is 11.4 Å². The Morgan fingerprint density at radius 2 is 1.46 bits per heavy atom. The second-order valence-electron chi connectivity index (χ2n) is 8.76. The molecule has 2 aromatic heterocycles. The van der Waals surface area contributed by atoms with Gasteiger partial charge in [0.2, 0.25) is 0 Å². The highest BCUT2D eigenvalue weighted by Crippen LogP contribution is 2.34. The highest BCUT2D eigenvalue weighted by Gasteiger charge is 2.50. The molecule has 7 heteroatoms. The van der Waals surface area contributed by atoms with E-state index in [2.05, 4.69) is 21.4 Å². The van der Waals surface area contributed by atoms with Crippen LogP contribution in [0.15, 0.2) is 115 Å². The van der Waals surface area contributed by atoms with Gasteiger partial charge in [-0.2, -0.15) is 5.26 Å². The zero-order valence-corrected chi connectivity index (χ0v) is 19.9. The number of carbonyl (C=O) groups excluding carboxylic acids is 2. The Morgan fingerprint density at radius 1 is 0.865 bits per heavy atom. The number of carbonyl (C=O) groups is 2. The van der Waals surface area contributed by atoms with Crippen LogP contribution in [0.4, 0.5) is 5.69 Å². The summed E-state index contributed by atoms with van der Waals surface area (Å²) in [4.78, 5) is 38.0. The number of para-hydroxylation sites is 1. The maximum Gasteiger partial charge on any atom is 0.259 e. The van der Waals surface area contributed by atoms with E-state index in [0.717, 1.165) is 11.4 Å². The Hall–Kier alpha value is -5.09. The maximum absolute atomic E-state index is 14.3. The van der Waals surface area contributed by atoms with Crippen LogP contribution in [0.3, 0.4) is 0 Å². The molecule has 5 rings (SSSR count). The lowest BCUT2D eigenvalue weighted by atomic mass is 9.87.